The predicted molar refractivity (Wildman–Crippen MR) is 90.6 cm³/mol. The topological polar surface area (TPSA) is 24.9 Å². The third kappa shape index (κ3) is 2.94. The Kier molecular flexibility index (Phi) is 4.23. The summed E-state index contributed by atoms with van der Waals surface area (Å²) in [5, 5.41) is 1.19. The first-order chi connectivity index (χ1) is 10.3. The van der Waals surface area contributed by atoms with Gasteiger partial charge in [-0.25, -0.2) is 0 Å². The van der Waals surface area contributed by atoms with Gasteiger partial charge < -0.3 is 0 Å². The van der Waals surface area contributed by atoms with Crippen LogP contribution < -0.4 is 4.72 Å². The molecule has 1 aromatic heterocycles. The van der Waals surface area contributed by atoms with Crippen molar-refractivity contribution in [3.05, 3.63) is 71.9 Å². The van der Waals surface area contributed by atoms with Crippen LogP contribution in [0.5, 0.6) is 0 Å². The summed E-state index contributed by atoms with van der Waals surface area (Å²) < 4.78 is 3.16. The molecule has 0 aliphatic heterocycles. The van der Waals surface area contributed by atoms with Crippen LogP contribution in [0.15, 0.2) is 65.6 Å². The second kappa shape index (κ2) is 6.29. The van der Waals surface area contributed by atoms with Gasteiger partial charge in [0.15, 0.2) is 0 Å². The van der Waals surface area contributed by atoms with Gasteiger partial charge in [0.05, 0.1) is 5.52 Å². The number of rotatable bonds is 4. The standard InChI is InChI=1S/C18H18N2S/c1-13(15-8-4-6-10-18(15)21-19-2)16-12-11-14-7-3-5-9-17(14)20-16/h3-13,19H,1-2H3. The normalized spacial score (nSPS) is 12.5. The average molecular weight is 294 g/mol. The Balaban J connectivity index is 2.02. The molecule has 2 nitrogen and oxygen atoms in total. The molecule has 1 N–H and O–H groups in total. The fourth-order valence-corrected chi connectivity index (χ4v) is 3.25. The first-order valence-corrected chi connectivity index (χ1v) is 7.89. The van der Waals surface area contributed by atoms with Crippen LogP contribution in [0, 0.1) is 0 Å². The van der Waals surface area contributed by atoms with E-state index in [0.717, 1.165) is 11.2 Å². The van der Waals surface area contributed by atoms with Crippen molar-refractivity contribution in [2.24, 2.45) is 0 Å². The lowest BCUT2D eigenvalue weighted by atomic mass is 9.96. The van der Waals surface area contributed by atoms with Gasteiger partial charge >= 0.3 is 0 Å². The molecule has 106 valence electrons. The Bertz CT molecular complexity index is 755. The predicted octanol–water partition coefficient (Wildman–Crippen LogP) is 4.61. The number of pyridine rings is 1. The second-order valence-corrected chi connectivity index (χ2v) is 6.05. The molecule has 3 aromatic rings. The minimum atomic E-state index is 0.270. The van der Waals surface area contributed by atoms with Crippen molar-refractivity contribution in [1.29, 1.82) is 0 Å². The summed E-state index contributed by atoms with van der Waals surface area (Å²) in [6.45, 7) is 2.21. The van der Waals surface area contributed by atoms with Crippen LogP contribution in [-0.2, 0) is 0 Å². The molecule has 0 bridgehead atoms. The SMILES string of the molecule is CNSc1ccccc1C(C)c1ccc2ccccc2n1. The maximum atomic E-state index is 4.82. The number of hydrogen-bond acceptors (Lipinski definition) is 3. The summed E-state index contributed by atoms with van der Waals surface area (Å²) in [5.41, 5.74) is 3.47. The van der Waals surface area contributed by atoms with Crippen molar-refractivity contribution in [3.8, 4) is 0 Å². The minimum absolute atomic E-state index is 0.270. The van der Waals surface area contributed by atoms with Gasteiger partial charge in [-0.1, -0.05) is 49.4 Å². The highest BCUT2D eigenvalue weighted by Crippen LogP contribution is 2.31. The number of benzene rings is 2. The molecule has 0 saturated carbocycles. The molecule has 0 amide bonds. The molecule has 3 heteroatoms. The van der Waals surface area contributed by atoms with Crippen molar-refractivity contribution in [1.82, 2.24) is 9.71 Å². The number of nitrogens with zero attached hydrogens (tertiary/aromatic N) is 1. The lowest BCUT2D eigenvalue weighted by Gasteiger charge is -2.16. The van der Waals surface area contributed by atoms with E-state index in [9.17, 15) is 0 Å². The monoisotopic (exact) mass is 294 g/mol. The van der Waals surface area contributed by atoms with Gasteiger partial charge in [0.1, 0.15) is 0 Å². The third-order valence-corrected chi connectivity index (χ3v) is 4.46. The summed E-state index contributed by atoms with van der Waals surface area (Å²) in [6.07, 6.45) is 0. The molecule has 21 heavy (non-hydrogen) atoms. The highest BCUT2D eigenvalue weighted by atomic mass is 32.2. The highest BCUT2D eigenvalue weighted by Gasteiger charge is 2.14. The lowest BCUT2D eigenvalue weighted by molar-refractivity contribution is 0.857. The zero-order chi connectivity index (χ0) is 14.7. The van der Waals surface area contributed by atoms with E-state index in [1.165, 1.54) is 15.8 Å². The van der Waals surface area contributed by atoms with Crippen molar-refractivity contribution in [2.45, 2.75) is 17.7 Å². The molecule has 0 aliphatic rings. The fourth-order valence-electron chi connectivity index (χ4n) is 2.52. The number of nitrogens with one attached hydrogen (secondary N) is 1. The van der Waals surface area contributed by atoms with Crippen LogP contribution in [0.2, 0.25) is 0 Å². The van der Waals surface area contributed by atoms with Crippen LogP contribution in [0.4, 0.5) is 0 Å². The summed E-state index contributed by atoms with van der Waals surface area (Å²) in [7, 11) is 1.94. The number of para-hydroxylation sites is 1. The zero-order valence-corrected chi connectivity index (χ0v) is 13.0. The van der Waals surface area contributed by atoms with Crippen molar-refractivity contribution in [2.75, 3.05) is 7.05 Å². The van der Waals surface area contributed by atoms with Gasteiger partial charge in [-0.2, -0.15) is 0 Å². The Labute approximate surface area is 129 Å². The molecular formula is C18H18N2S. The number of hydrogen-bond donors (Lipinski definition) is 1. The lowest BCUT2D eigenvalue weighted by Crippen LogP contribution is -2.02. The van der Waals surface area contributed by atoms with Crippen molar-refractivity contribution >= 4 is 22.9 Å². The molecule has 0 radical (unpaired) electrons. The molecule has 2 aromatic carbocycles. The van der Waals surface area contributed by atoms with Crippen LogP contribution in [0.1, 0.15) is 24.1 Å². The van der Waals surface area contributed by atoms with Crippen molar-refractivity contribution < 1.29 is 0 Å². The first-order valence-electron chi connectivity index (χ1n) is 7.08. The van der Waals surface area contributed by atoms with E-state index in [0.29, 0.717) is 0 Å². The summed E-state index contributed by atoms with van der Waals surface area (Å²) in [5.74, 6) is 0.270. The fraction of sp³-hybridized carbons (Fsp3) is 0.167. The van der Waals surface area contributed by atoms with Crippen molar-refractivity contribution in [3.63, 3.8) is 0 Å². The summed E-state index contributed by atoms with van der Waals surface area (Å²) in [4.78, 5) is 6.08. The quantitative estimate of drug-likeness (QED) is 0.711. The van der Waals surface area contributed by atoms with Crippen LogP contribution >= 0.6 is 11.9 Å². The Morgan fingerprint density at radius 1 is 0.952 bits per heavy atom. The van der Waals surface area contributed by atoms with Crippen LogP contribution in [0.25, 0.3) is 10.9 Å². The molecular weight excluding hydrogens is 276 g/mol. The molecule has 1 heterocycles. The van der Waals surface area contributed by atoms with E-state index in [1.54, 1.807) is 11.9 Å². The molecule has 3 rings (SSSR count). The van der Waals surface area contributed by atoms with Gasteiger partial charge in [-0.3, -0.25) is 9.71 Å². The molecule has 0 fully saturated rings. The second-order valence-electron chi connectivity index (χ2n) is 4.99. The Morgan fingerprint density at radius 2 is 1.71 bits per heavy atom. The van der Waals surface area contributed by atoms with E-state index in [-0.39, 0.29) is 5.92 Å². The number of aromatic nitrogens is 1. The van der Waals surface area contributed by atoms with E-state index in [1.807, 2.05) is 19.2 Å². The van der Waals surface area contributed by atoms with Gasteiger partial charge in [-0.05, 0) is 42.8 Å². The average Bonchev–Trinajstić information content (AvgIpc) is 2.54. The van der Waals surface area contributed by atoms with E-state index < -0.39 is 0 Å². The Morgan fingerprint density at radius 3 is 2.57 bits per heavy atom. The molecule has 1 unspecified atom stereocenters. The minimum Gasteiger partial charge on any atom is -0.263 e. The Hall–Kier alpha value is -1.84. The molecule has 1 atom stereocenters. The maximum absolute atomic E-state index is 4.82. The maximum Gasteiger partial charge on any atom is 0.0705 e. The third-order valence-electron chi connectivity index (χ3n) is 3.66. The van der Waals surface area contributed by atoms with Crippen LogP contribution in [-0.4, -0.2) is 12.0 Å². The first kappa shape index (κ1) is 14.1. The summed E-state index contributed by atoms with van der Waals surface area (Å²) >= 11 is 1.65. The molecule has 0 saturated heterocycles. The molecule has 0 aliphatic carbocycles. The van der Waals surface area contributed by atoms with Gasteiger partial charge in [0.2, 0.25) is 0 Å². The van der Waals surface area contributed by atoms with Gasteiger partial charge in [0, 0.05) is 21.9 Å². The van der Waals surface area contributed by atoms with Crippen LogP contribution in [0.3, 0.4) is 0 Å². The number of fused-ring (bicyclic) bond motifs is 1. The molecule has 0 spiro atoms. The zero-order valence-electron chi connectivity index (χ0n) is 12.2. The van der Waals surface area contributed by atoms with Gasteiger partial charge in [-0.15, -0.1) is 0 Å². The van der Waals surface area contributed by atoms with E-state index in [2.05, 4.69) is 60.2 Å². The van der Waals surface area contributed by atoms with E-state index >= 15 is 0 Å². The summed E-state index contributed by atoms with van der Waals surface area (Å²) in [6, 6.07) is 21.0. The van der Waals surface area contributed by atoms with E-state index in [4.69, 9.17) is 4.98 Å². The smallest absolute Gasteiger partial charge is 0.0705 e. The largest absolute Gasteiger partial charge is 0.263 e. The highest BCUT2D eigenvalue weighted by molar-refractivity contribution is 7.97. The van der Waals surface area contributed by atoms with Gasteiger partial charge in [0.25, 0.3) is 0 Å².